The zero-order valence-corrected chi connectivity index (χ0v) is 13.0. The van der Waals surface area contributed by atoms with E-state index in [1.807, 2.05) is 13.8 Å². The predicted octanol–water partition coefficient (Wildman–Crippen LogP) is 2.60. The van der Waals surface area contributed by atoms with Gasteiger partial charge in [0.25, 0.3) is 0 Å². The van der Waals surface area contributed by atoms with Gasteiger partial charge in [-0.05, 0) is 37.4 Å². The van der Waals surface area contributed by atoms with Crippen LogP contribution in [0.3, 0.4) is 0 Å². The standard InChI is InChI=1S/C15H20F2N2O.ClH/c1-3-18-9(2)8-19-15(20)13-7-12(13)11-5-4-10(16)6-14(11)17;/h4-6,9,12-13,18H,3,7-8H2,1-2H3,(H,19,20);1H/t9-,12?,13?;/m1./s1. The summed E-state index contributed by atoms with van der Waals surface area (Å²) in [6, 6.07) is 3.75. The molecule has 1 saturated carbocycles. The van der Waals surface area contributed by atoms with Crippen LogP contribution < -0.4 is 10.6 Å². The molecule has 0 radical (unpaired) electrons. The summed E-state index contributed by atoms with van der Waals surface area (Å²) in [4.78, 5) is 11.9. The van der Waals surface area contributed by atoms with E-state index in [1.54, 1.807) is 0 Å². The van der Waals surface area contributed by atoms with Crippen molar-refractivity contribution in [1.29, 1.82) is 0 Å². The van der Waals surface area contributed by atoms with E-state index < -0.39 is 11.6 Å². The predicted molar refractivity (Wildman–Crippen MR) is 80.6 cm³/mol. The Labute approximate surface area is 129 Å². The quantitative estimate of drug-likeness (QED) is 0.846. The summed E-state index contributed by atoms with van der Waals surface area (Å²) in [6.07, 6.45) is 0.629. The van der Waals surface area contributed by atoms with Crippen LogP contribution in [0.15, 0.2) is 18.2 Å². The molecular weight excluding hydrogens is 298 g/mol. The van der Waals surface area contributed by atoms with Gasteiger partial charge in [0.15, 0.2) is 0 Å². The molecule has 0 spiro atoms. The number of amides is 1. The maximum absolute atomic E-state index is 13.6. The minimum absolute atomic E-state index is 0. The van der Waals surface area contributed by atoms with Gasteiger partial charge in [0.1, 0.15) is 11.6 Å². The van der Waals surface area contributed by atoms with Gasteiger partial charge in [-0.15, -0.1) is 12.4 Å². The molecule has 1 aromatic rings. The molecule has 0 bridgehead atoms. The number of halogens is 3. The van der Waals surface area contributed by atoms with Crippen molar-refractivity contribution in [2.75, 3.05) is 13.1 Å². The minimum atomic E-state index is -0.590. The molecule has 1 aliphatic rings. The molecule has 2 rings (SSSR count). The normalized spacial score (nSPS) is 21.3. The second-order valence-electron chi connectivity index (χ2n) is 5.32. The zero-order valence-electron chi connectivity index (χ0n) is 12.2. The largest absolute Gasteiger partial charge is 0.354 e. The Morgan fingerprint density at radius 2 is 2.14 bits per heavy atom. The second kappa shape index (κ2) is 7.71. The number of hydrogen-bond acceptors (Lipinski definition) is 2. The van der Waals surface area contributed by atoms with Crippen LogP contribution in [-0.2, 0) is 4.79 Å². The molecule has 1 aliphatic carbocycles. The summed E-state index contributed by atoms with van der Waals surface area (Å²) in [5.41, 5.74) is 0.436. The van der Waals surface area contributed by atoms with E-state index in [2.05, 4.69) is 10.6 Å². The van der Waals surface area contributed by atoms with E-state index in [1.165, 1.54) is 12.1 Å². The maximum atomic E-state index is 13.6. The fraction of sp³-hybridized carbons (Fsp3) is 0.533. The lowest BCUT2D eigenvalue weighted by Gasteiger charge is -2.13. The molecule has 6 heteroatoms. The Balaban J connectivity index is 0.00000220. The topological polar surface area (TPSA) is 41.1 Å². The highest BCUT2D eigenvalue weighted by Crippen LogP contribution is 2.48. The van der Waals surface area contributed by atoms with Crippen molar-refractivity contribution in [3.63, 3.8) is 0 Å². The number of likely N-dealkylation sites (N-methyl/N-ethyl adjacent to an activating group) is 1. The van der Waals surface area contributed by atoms with E-state index in [4.69, 9.17) is 0 Å². The number of hydrogen-bond donors (Lipinski definition) is 2. The lowest BCUT2D eigenvalue weighted by Crippen LogP contribution is -2.39. The molecule has 0 aliphatic heterocycles. The van der Waals surface area contributed by atoms with Gasteiger partial charge in [0.05, 0.1) is 0 Å². The van der Waals surface area contributed by atoms with E-state index in [9.17, 15) is 13.6 Å². The number of benzene rings is 1. The van der Waals surface area contributed by atoms with Gasteiger partial charge < -0.3 is 10.6 Å². The molecule has 2 N–H and O–H groups in total. The van der Waals surface area contributed by atoms with Crippen LogP contribution >= 0.6 is 12.4 Å². The van der Waals surface area contributed by atoms with Crippen molar-refractivity contribution in [3.8, 4) is 0 Å². The van der Waals surface area contributed by atoms with Crippen molar-refractivity contribution in [3.05, 3.63) is 35.4 Å². The molecule has 3 nitrogen and oxygen atoms in total. The highest BCUT2D eigenvalue weighted by Gasteiger charge is 2.45. The first kappa shape index (κ1) is 17.9. The monoisotopic (exact) mass is 318 g/mol. The Bertz CT molecular complexity index is 499. The smallest absolute Gasteiger partial charge is 0.223 e. The van der Waals surface area contributed by atoms with E-state index in [-0.39, 0.29) is 36.2 Å². The molecule has 3 atom stereocenters. The van der Waals surface area contributed by atoms with Gasteiger partial charge >= 0.3 is 0 Å². The van der Waals surface area contributed by atoms with Gasteiger partial charge in [0, 0.05) is 24.6 Å². The third kappa shape index (κ3) is 4.64. The zero-order chi connectivity index (χ0) is 14.7. The summed E-state index contributed by atoms with van der Waals surface area (Å²) in [7, 11) is 0. The van der Waals surface area contributed by atoms with Crippen molar-refractivity contribution in [2.45, 2.75) is 32.2 Å². The van der Waals surface area contributed by atoms with Gasteiger partial charge in [-0.2, -0.15) is 0 Å². The van der Waals surface area contributed by atoms with Gasteiger partial charge in [-0.1, -0.05) is 13.0 Å². The first-order valence-electron chi connectivity index (χ1n) is 6.99. The van der Waals surface area contributed by atoms with Crippen LogP contribution in [0.25, 0.3) is 0 Å². The first-order valence-corrected chi connectivity index (χ1v) is 6.99. The van der Waals surface area contributed by atoms with Crippen molar-refractivity contribution >= 4 is 18.3 Å². The molecule has 0 heterocycles. The van der Waals surface area contributed by atoms with Crippen LogP contribution in [-0.4, -0.2) is 25.0 Å². The third-order valence-electron chi connectivity index (χ3n) is 3.62. The van der Waals surface area contributed by atoms with Gasteiger partial charge in [0.2, 0.25) is 5.91 Å². The van der Waals surface area contributed by atoms with Crippen molar-refractivity contribution in [1.82, 2.24) is 10.6 Å². The molecule has 21 heavy (non-hydrogen) atoms. The van der Waals surface area contributed by atoms with E-state index >= 15 is 0 Å². The molecule has 1 amide bonds. The summed E-state index contributed by atoms with van der Waals surface area (Å²) in [5.74, 6) is -1.52. The average Bonchev–Trinajstić information content (AvgIpc) is 3.16. The first-order chi connectivity index (χ1) is 9.52. The molecule has 1 fully saturated rings. The molecule has 2 unspecified atom stereocenters. The fourth-order valence-electron chi connectivity index (χ4n) is 2.44. The van der Waals surface area contributed by atoms with Crippen LogP contribution in [0.5, 0.6) is 0 Å². The Morgan fingerprint density at radius 3 is 2.76 bits per heavy atom. The number of nitrogens with one attached hydrogen (secondary N) is 2. The molecular formula is C15H21ClF2N2O. The second-order valence-corrected chi connectivity index (χ2v) is 5.32. The summed E-state index contributed by atoms with van der Waals surface area (Å²) in [5, 5.41) is 6.06. The van der Waals surface area contributed by atoms with Crippen molar-refractivity contribution < 1.29 is 13.6 Å². The van der Waals surface area contributed by atoms with Crippen LogP contribution in [0.2, 0.25) is 0 Å². The summed E-state index contributed by atoms with van der Waals surface area (Å²) in [6.45, 7) is 5.41. The molecule has 0 aromatic heterocycles. The summed E-state index contributed by atoms with van der Waals surface area (Å²) < 4.78 is 26.5. The van der Waals surface area contributed by atoms with E-state index in [0.29, 0.717) is 18.5 Å². The number of carbonyl (C=O) groups excluding carboxylic acids is 1. The van der Waals surface area contributed by atoms with Crippen molar-refractivity contribution in [2.24, 2.45) is 5.92 Å². The van der Waals surface area contributed by atoms with Crippen LogP contribution in [0, 0.1) is 17.6 Å². The minimum Gasteiger partial charge on any atom is -0.354 e. The number of carbonyl (C=O) groups is 1. The fourth-order valence-corrected chi connectivity index (χ4v) is 2.44. The van der Waals surface area contributed by atoms with Crippen LogP contribution in [0.4, 0.5) is 8.78 Å². The Kier molecular flexibility index (Phi) is 6.55. The SMILES string of the molecule is CCN[C@H](C)CNC(=O)C1CC1c1ccc(F)cc1F.Cl. The van der Waals surface area contributed by atoms with Gasteiger partial charge in [-0.3, -0.25) is 4.79 Å². The average molecular weight is 319 g/mol. The maximum Gasteiger partial charge on any atom is 0.223 e. The Morgan fingerprint density at radius 1 is 1.43 bits per heavy atom. The van der Waals surface area contributed by atoms with E-state index in [0.717, 1.165) is 12.6 Å². The van der Waals surface area contributed by atoms with Crippen LogP contribution in [0.1, 0.15) is 31.7 Å². The highest BCUT2D eigenvalue weighted by molar-refractivity contribution is 5.85. The molecule has 1 aromatic carbocycles. The highest BCUT2D eigenvalue weighted by atomic mass is 35.5. The number of rotatable bonds is 6. The van der Waals surface area contributed by atoms with Gasteiger partial charge in [-0.25, -0.2) is 8.78 Å². The Hall–Kier alpha value is -1.20. The lowest BCUT2D eigenvalue weighted by atomic mass is 10.1. The molecule has 118 valence electrons. The molecule has 0 saturated heterocycles. The summed E-state index contributed by atoms with van der Waals surface area (Å²) >= 11 is 0. The third-order valence-corrected chi connectivity index (χ3v) is 3.62. The lowest BCUT2D eigenvalue weighted by molar-refractivity contribution is -0.122.